The summed E-state index contributed by atoms with van der Waals surface area (Å²) >= 11 is 0. The van der Waals surface area contributed by atoms with Gasteiger partial charge < -0.3 is 4.90 Å². The number of nitrogens with one attached hydrogen (secondary N) is 1. The van der Waals surface area contributed by atoms with Gasteiger partial charge in [0.2, 0.25) is 11.8 Å². The average molecular weight is 444 g/mol. The van der Waals surface area contributed by atoms with Crippen molar-refractivity contribution in [2.24, 2.45) is 0 Å². The van der Waals surface area contributed by atoms with Crippen LogP contribution in [0.1, 0.15) is 64.5 Å². The highest BCUT2D eigenvalue weighted by molar-refractivity contribution is 6.05. The molecular weight excluding hydrogens is 420 g/mol. The molecule has 4 heterocycles. The summed E-state index contributed by atoms with van der Waals surface area (Å²) in [5.41, 5.74) is 3.29. The summed E-state index contributed by atoms with van der Waals surface area (Å²) in [7, 11) is 0. The molecule has 9 nitrogen and oxygen atoms in total. The number of aromatic nitrogens is 2. The summed E-state index contributed by atoms with van der Waals surface area (Å²) in [4.78, 5) is 49.0. The molecule has 168 valence electrons. The SMILES string of the molecule is N#Cc1cnc(CN2CCC(c3ccc4c(c3)CN(C3CCC(=O)NC3=O)C4=O)CC2)nc1. The van der Waals surface area contributed by atoms with E-state index in [-0.39, 0.29) is 24.1 Å². The Balaban J connectivity index is 1.21. The van der Waals surface area contributed by atoms with Gasteiger partial charge in [-0.05, 0) is 55.5 Å². The third-order valence-electron chi connectivity index (χ3n) is 6.81. The number of piperidine rings is 2. The Labute approximate surface area is 191 Å². The number of imide groups is 1. The molecule has 0 radical (unpaired) electrons. The normalized spacial score (nSPS) is 21.6. The van der Waals surface area contributed by atoms with Crippen LogP contribution >= 0.6 is 0 Å². The first kappa shape index (κ1) is 21.2. The van der Waals surface area contributed by atoms with E-state index in [2.05, 4.69) is 26.3 Å². The number of benzene rings is 1. The fraction of sp³-hybridized carbons (Fsp3) is 0.417. The van der Waals surface area contributed by atoms with Crippen molar-refractivity contribution in [3.63, 3.8) is 0 Å². The fourth-order valence-electron chi connectivity index (χ4n) is 4.97. The number of likely N-dealkylation sites (tertiary alicyclic amines) is 1. The second-order valence-electron chi connectivity index (χ2n) is 8.87. The molecule has 2 fully saturated rings. The second-order valence-corrected chi connectivity index (χ2v) is 8.87. The van der Waals surface area contributed by atoms with Gasteiger partial charge in [-0.15, -0.1) is 0 Å². The van der Waals surface area contributed by atoms with E-state index in [4.69, 9.17) is 5.26 Å². The van der Waals surface area contributed by atoms with Gasteiger partial charge in [0.05, 0.1) is 12.1 Å². The van der Waals surface area contributed by atoms with Gasteiger partial charge in [-0.25, -0.2) is 9.97 Å². The highest BCUT2D eigenvalue weighted by atomic mass is 16.2. The third kappa shape index (κ3) is 4.22. The van der Waals surface area contributed by atoms with E-state index >= 15 is 0 Å². The van der Waals surface area contributed by atoms with Crippen LogP contribution in [0.25, 0.3) is 0 Å². The molecule has 1 atom stereocenters. The van der Waals surface area contributed by atoms with E-state index in [1.54, 1.807) is 17.3 Å². The quantitative estimate of drug-likeness (QED) is 0.710. The first-order valence-electron chi connectivity index (χ1n) is 11.2. The first-order chi connectivity index (χ1) is 16.0. The molecule has 1 unspecified atom stereocenters. The molecule has 2 saturated heterocycles. The lowest BCUT2D eigenvalue weighted by molar-refractivity contribution is -0.136. The molecule has 33 heavy (non-hydrogen) atoms. The molecule has 0 saturated carbocycles. The van der Waals surface area contributed by atoms with Crippen LogP contribution in [0.5, 0.6) is 0 Å². The van der Waals surface area contributed by atoms with Crippen molar-refractivity contribution in [2.75, 3.05) is 13.1 Å². The van der Waals surface area contributed by atoms with E-state index in [9.17, 15) is 14.4 Å². The Morgan fingerprint density at radius 1 is 1.09 bits per heavy atom. The zero-order chi connectivity index (χ0) is 22.9. The second kappa shape index (κ2) is 8.71. The molecule has 0 aliphatic carbocycles. The number of carbonyl (C=O) groups is 3. The standard InChI is InChI=1S/C24H24N6O3/c25-10-15-11-26-21(27-12-15)14-29-7-5-16(6-8-29)17-1-2-19-18(9-17)13-30(24(19)33)20-3-4-22(31)28-23(20)32/h1-2,9,11-12,16,20H,3-8,13-14H2,(H,28,31,32). The monoisotopic (exact) mass is 444 g/mol. The fourth-order valence-corrected chi connectivity index (χ4v) is 4.97. The van der Waals surface area contributed by atoms with Gasteiger partial charge in [0, 0.05) is 30.9 Å². The van der Waals surface area contributed by atoms with E-state index in [0.717, 1.165) is 37.3 Å². The van der Waals surface area contributed by atoms with Crippen molar-refractivity contribution in [2.45, 2.75) is 50.7 Å². The van der Waals surface area contributed by atoms with Gasteiger partial charge in [-0.3, -0.25) is 24.6 Å². The van der Waals surface area contributed by atoms with Crippen LogP contribution in [0.4, 0.5) is 0 Å². The molecule has 9 heteroatoms. The van der Waals surface area contributed by atoms with Crippen LogP contribution in [0.15, 0.2) is 30.6 Å². The van der Waals surface area contributed by atoms with E-state index < -0.39 is 6.04 Å². The molecule has 1 aromatic carbocycles. The van der Waals surface area contributed by atoms with Crippen LogP contribution in [-0.4, -0.2) is 56.6 Å². The summed E-state index contributed by atoms with van der Waals surface area (Å²) in [5.74, 6) is 0.333. The maximum Gasteiger partial charge on any atom is 0.255 e. The Morgan fingerprint density at radius 2 is 1.85 bits per heavy atom. The van der Waals surface area contributed by atoms with Crippen LogP contribution in [0.3, 0.4) is 0 Å². The maximum absolute atomic E-state index is 12.9. The topological polar surface area (TPSA) is 119 Å². The molecule has 1 aromatic heterocycles. The van der Waals surface area contributed by atoms with E-state index in [1.165, 1.54) is 5.56 Å². The predicted molar refractivity (Wildman–Crippen MR) is 116 cm³/mol. The highest BCUT2D eigenvalue weighted by Gasteiger charge is 2.39. The van der Waals surface area contributed by atoms with Gasteiger partial charge >= 0.3 is 0 Å². The van der Waals surface area contributed by atoms with Gasteiger partial charge in [0.15, 0.2) is 0 Å². The zero-order valence-corrected chi connectivity index (χ0v) is 18.2. The number of nitriles is 1. The van der Waals surface area contributed by atoms with Crippen LogP contribution in [-0.2, 0) is 22.7 Å². The van der Waals surface area contributed by atoms with E-state index in [0.29, 0.717) is 36.6 Å². The van der Waals surface area contributed by atoms with Crippen molar-refractivity contribution in [1.29, 1.82) is 5.26 Å². The lowest BCUT2D eigenvalue weighted by atomic mass is 9.88. The zero-order valence-electron chi connectivity index (χ0n) is 18.2. The summed E-state index contributed by atoms with van der Waals surface area (Å²) in [6.45, 7) is 2.92. The van der Waals surface area contributed by atoms with E-state index in [1.807, 2.05) is 18.2 Å². The first-order valence-corrected chi connectivity index (χ1v) is 11.2. The molecule has 1 N–H and O–H groups in total. The van der Waals surface area contributed by atoms with Crippen molar-refractivity contribution >= 4 is 17.7 Å². The molecule has 3 amide bonds. The number of hydrogen-bond acceptors (Lipinski definition) is 7. The summed E-state index contributed by atoms with van der Waals surface area (Å²) in [6, 6.07) is 7.48. The molecule has 5 rings (SSSR count). The Kier molecular flexibility index (Phi) is 5.60. The van der Waals surface area contributed by atoms with Gasteiger partial charge in [0.1, 0.15) is 17.9 Å². The Bertz CT molecular complexity index is 1150. The minimum atomic E-state index is -0.585. The molecule has 3 aliphatic heterocycles. The molecular formula is C24H24N6O3. The van der Waals surface area contributed by atoms with Crippen LogP contribution < -0.4 is 5.32 Å². The Hall–Kier alpha value is -3.64. The molecule has 0 spiro atoms. The van der Waals surface area contributed by atoms with Crippen molar-refractivity contribution in [3.8, 4) is 6.07 Å². The lowest BCUT2D eigenvalue weighted by Crippen LogP contribution is -2.52. The highest BCUT2D eigenvalue weighted by Crippen LogP contribution is 2.33. The minimum Gasteiger partial charge on any atom is -0.322 e. The molecule has 0 bridgehead atoms. The molecule has 3 aliphatic rings. The number of carbonyl (C=O) groups excluding carboxylic acids is 3. The van der Waals surface area contributed by atoms with Crippen LogP contribution in [0, 0.1) is 11.3 Å². The van der Waals surface area contributed by atoms with Gasteiger partial charge in [0.25, 0.3) is 5.91 Å². The summed E-state index contributed by atoms with van der Waals surface area (Å²) in [6.07, 6.45) is 5.74. The molecule has 2 aromatic rings. The van der Waals surface area contributed by atoms with Crippen molar-refractivity contribution in [1.82, 2.24) is 25.1 Å². The number of hydrogen-bond donors (Lipinski definition) is 1. The Morgan fingerprint density at radius 3 is 2.55 bits per heavy atom. The minimum absolute atomic E-state index is 0.136. The van der Waals surface area contributed by atoms with Crippen molar-refractivity contribution in [3.05, 3.63) is 58.7 Å². The lowest BCUT2D eigenvalue weighted by Gasteiger charge is -2.31. The third-order valence-corrected chi connectivity index (χ3v) is 6.81. The number of nitrogens with zero attached hydrogens (tertiary/aromatic N) is 5. The number of amides is 3. The number of rotatable bonds is 4. The summed E-state index contributed by atoms with van der Waals surface area (Å²) < 4.78 is 0. The number of fused-ring (bicyclic) bond motifs is 1. The van der Waals surface area contributed by atoms with Crippen LogP contribution in [0.2, 0.25) is 0 Å². The average Bonchev–Trinajstić information content (AvgIpc) is 3.15. The largest absolute Gasteiger partial charge is 0.322 e. The predicted octanol–water partition coefficient (Wildman–Crippen LogP) is 1.49. The van der Waals surface area contributed by atoms with Gasteiger partial charge in [-0.2, -0.15) is 5.26 Å². The smallest absolute Gasteiger partial charge is 0.255 e. The van der Waals surface area contributed by atoms with Gasteiger partial charge in [-0.1, -0.05) is 12.1 Å². The van der Waals surface area contributed by atoms with Crippen molar-refractivity contribution < 1.29 is 14.4 Å². The summed E-state index contributed by atoms with van der Waals surface area (Å²) in [5, 5.41) is 11.2. The maximum atomic E-state index is 12.9.